The highest BCUT2D eigenvalue weighted by Crippen LogP contribution is 2.32. The van der Waals surface area contributed by atoms with E-state index in [1.165, 1.54) is 18.3 Å². The minimum Gasteiger partial charge on any atom is -0.452 e. The van der Waals surface area contributed by atoms with Crippen LogP contribution in [0.1, 0.15) is 54.3 Å². The number of benzene rings is 2. The highest BCUT2D eigenvalue weighted by molar-refractivity contribution is 7.09. The Morgan fingerprint density at radius 3 is 2.67 bits per heavy atom. The Morgan fingerprint density at radius 1 is 1.10 bits per heavy atom. The van der Waals surface area contributed by atoms with E-state index in [1.807, 2.05) is 66.9 Å². The summed E-state index contributed by atoms with van der Waals surface area (Å²) >= 11 is 1.46. The van der Waals surface area contributed by atoms with Crippen molar-refractivity contribution in [2.75, 3.05) is 6.54 Å². The summed E-state index contributed by atoms with van der Waals surface area (Å²) in [6.07, 6.45) is 0.270. The average Bonchev–Trinajstić information content (AvgIpc) is 3.66. The van der Waals surface area contributed by atoms with Crippen LogP contribution in [0, 0.1) is 6.92 Å². The number of esters is 1. The van der Waals surface area contributed by atoms with Gasteiger partial charge in [-0.15, -0.1) is 11.3 Å². The lowest BCUT2D eigenvalue weighted by Gasteiger charge is -2.28. The summed E-state index contributed by atoms with van der Waals surface area (Å²) in [6, 6.07) is 17.7. The number of carbonyl (C=O) groups excluding carboxylic acids is 3. The van der Waals surface area contributed by atoms with Crippen molar-refractivity contribution < 1.29 is 19.1 Å². The Balaban J connectivity index is 1.20. The van der Waals surface area contributed by atoms with Crippen LogP contribution in [0.2, 0.25) is 0 Å². The van der Waals surface area contributed by atoms with E-state index in [2.05, 4.69) is 19.9 Å². The second-order valence-electron chi connectivity index (χ2n) is 9.65. The maximum Gasteiger partial charge on any atom is 0.303 e. The van der Waals surface area contributed by atoms with Gasteiger partial charge in [0.1, 0.15) is 10.8 Å². The van der Waals surface area contributed by atoms with Crippen molar-refractivity contribution in [3.63, 3.8) is 0 Å². The summed E-state index contributed by atoms with van der Waals surface area (Å²) in [7, 11) is 0. The first-order valence-electron chi connectivity index (χ1n) is 13.0. The van der Waals surface area contributed by atoms with Crippen LogP contribution in [-0.2, 0) is 32.2 Å². The third kappa shape index (κ3) is 6.17. The molecule has 0 saturated carbocycles. The highest BCUT2D eigenvalue weighted by Gasteiger charge is 2.36. The number of para-hydroxylation sites is 2. The van der Waals surface area contributed by atoms with E-state index in [-0.39, 0.29) is 30.8 Å². The maximum atomic E-state index is 13.4. The number of aryl methyl sites for hydroxylation is 1. The van der Waals surface area contributed by atoms with E-state index in [4.69, 9.17) is 4.74 Å². The monoisotopic (exact) mass is 545 g/mol. The summed E-state index contributed by atoms with van der Waals surface area (Å²) < 4.78 is 7.44. The van der Waals surface area contributed by atoms with Crippen LogP contribution >= 0.6 is 11.3 Å². The number of aromatic nitrogens is 3. The molecule has 10 heteroatoms. The van der Waals surface area contributed by atoms with Crippen molar-refractivity contribution in [2.24, 2.45) is 0 Å². The summed E-state index contributed by atoms with van der Waals surface area (Å²) in [4.78, 5) is 49.0. The second-order valence-corrected chi connectivity index (χ2v) is 10.6. The fraction of sp³-hybridized carbons (Fsp3) is 0.345. The first-order chi connectivity index (χ1) is 18.9. The van der Waals surface area contributed by atoms with Crippen molar-refractivity contribution in [3.05, 3.63) is 82.1 Å². The van der Waals surface area contributed by atoms with E-state index >= 15 is 0 Å². The normalized spacial score (nSPS) is 15.8. The summed E-state index contributed by atoms with van der Waals surface area (Å²) in [5.74, 6) is -0.402. The van der Waals surface area contributed by atoms with Gasteiger partial charge in [0, 0.05) is 18.8 Å². The fourth-order valence-corrected chi connectivity index (χ4v) is 5.82. The largest absolute Gasteiger partial charge is 0.452 e. The van der Waals surface area contributed by atoms with E-state index in [1.54, 1.807) is 4.90 Å². The van der Waals surface area contributed by atoms with Gasteiger partial charge < -0.3 is 19.5 Å². The van der Waals surface area contributed by atoms with E-state index in [0.717, 1.165) is 46.0 Å². The van der Waals surface area contributed by atoms with E-state index in [9.17, 15) is 14.4 Å². The zero-order valence-corrected chi connectivity index (χ0v) is 22.8. The van der Waals surface area contributed by atoms with Crippen molar-refractivity contribution >= 4 is 40.2 Å². The molecule has 0 radical (unpaired) electrons. The molecule has 0 aliphatic carbocycles. The Kier molecular flexibility index (Phi) is 8.02. The molecule has 1 saturated heterocycles. The number of imidazole rings is 1. The third-order valence-corrected chi connectivity index (χ3v) is 7.77. The van der Waals surface area contributed by atoms with Gasteiger partial charge in [0.2, 0.25) is 5.91 Å². The quantitative estimate of drug-likeness (QED) is 0.317. The predicted octanol–water partition coefficient (Wildman–Crippen LogP) is 4.15. The molecule has 2 atom stereocenters. The Bertz CT molecular complexity index is 1480. The van der Waals surface area contributed by atoms with Crippen LogP contribution in [0.5, 0.6) is 0 Å². The van der Waals surface area contributed by atoms with Crippen LogP contribution < -0.4 is 5.32 Å². The Hall–Kier alpha value is -4.05. The molecule has 0 bridgehead atoms. The Morgan fingerprint density at radius 2 is 1.87 bits per heavy atom. The molecule has 5 rings (SSSR count). The van der Waals surface area contributed by atoms with Crippen LogP contribution in [0.25, 0.3) is 11.0 Å². The number of nitrogens with one attached hydrogen (secondary N) is 1. The number of nitrogens with zero attached hydrogens (tertiary/aromatic N) is 4. The van der Waals surface area contributed by atoms with Gasteiger partial charge in [-0.2, -0.15) is 0 Å². The maximum absolute atomic E-state index is 13.4. The number of ether oxygens (including phenoxy) is 1. The molecule has 9 nitrogen and oxygen atoms in total. The molecule has 3 heterocycles. The zero-order valence-electron chi connectivity index (χ0n) is 22.0. The lowest BCUT2D eigenvalue weighted by atomic mass is 10.0. The molecule has 39 heavy (non-hydrogen) atoms. The topological polar surface area (TPSA) is 106 Å². The predicted molar refractivity (Wildman–Crippen MR) is 148 cm³/mol. The number of likely N-dealkylation sites (tertiary alicyclic amines) is 1. The minimum absolute atomic E-state index is 0.0928. The molecule has 202 valence electrons. The average molecular weight is 546 g/mol. The van der Waals surface area contributed by atoms with E-state index in [0.29, 0.717) is 13.1 Å². The fourth-order valence-electron chi connectivity index (χ4n) is 5.09. The smallest absolute Gasteiger partial charge is 0.303 e. The third-order valence-electron chi connectivity index (χ3n) is 6.88. The van der Waals surface area contributed by atoms with Gasteiger partial charge in [-0.05, 0) is 37.5 Å². The molecule has 2 amide bonds. The second kappa shape index (κ2) is 11.8. The van der Waals surface area contributed by atoms with Gasteiger partial charge in [-0.1, -0.05) is 42.5 Å². The molecule has 1 unspecified atom stereocenters. The summed E-state index contributed by atoms with van der Waals surface area (Å²) in [5, 5.41) is 5.55. The molecule has 1 aliphatic heterocycles. The van der Waals surface area contributed by atoms with Crippen LogP contribution in [0.3, 0.4) is 0 Å². The van der Waals surface area contributed by atoms with E-state index < -0.39 is 12.1 Å². The zero-order chi connectivity index (χ0) is 27.4. The minimum atomic E-state index is -1.17. The first-order valence-corrected chi connectivity index (χ1v) is 13.9. The summed E-state index contributed by atoms with van der Waals surface area (Å²) in [6.45, 7) is 4.59. The highest BCUT2D eigenvalue weighted by atomic mass is 32.1. The number of hydrogen-bond donors (Lipinski definition) is 1. The van der Waals surface area contributed by atoms with Gasteiger partial charge in [0.25, 0.3) is 5.91 Å². The van der Waals surface area contributed by atoms with Gasteiger partial charge >= 0.3 is 5.97 Å². The number of fused-ring (bicyclic) bond motifs is 1. The molecule has 2 aromatic carbocycles. The molecule has 1 N–H and O–H groups in total. The van der Waals surface area contributed by atoms with Gasteiger partial charge in [-0.25, -0.2) is 9.97 Å². The van der Waals surface area contributed by atoms with Gasteiger partial charge in [-0.3, -0.25) is 14.4 Å². The van der Waals surface area contributed by atoms with Crippen molar-refractivity contribution in [3.8, 4) is 0 Å². The van der Waals surface area contributed by atoms with Crippen molar-refractivity contribution in [1.82, 2.24) is 24.8 Å². The number of thiazole rings is 1. The first kappa shape index (κ1) is 26.6. The molecule has 2 aromatic heterocycles. The number of hydrogen-bond acceptors (Lipinski definition) is 7. The van der Waals surface area contributed by atoms with Crippen LogP contribution in [0.15, 0.2) is 60.0 Å². The van der Waals surface area contributed by atoms with Crippen LogP contribution in [0.4, 0.5) is 0 Å². The number of rotatable bonds is 9. The molecular formula is C29H31N5O4S. The SMILES string of the molecule is CC(=O)O[C@H](CC(=O)NCc1nc(Cn2c(C)nc3ccccc32)cs1)C(=O)N1CCCC1c1ccccc1. The number of carbonyl (C=O) groups is 3. The molecule has 1 aliphatic rings. The molecule has 4 aromatic rings. The van der Waals surface area contributed by atoms with Crippen molar-refractivity contribution in [1.29, 1.82) is 0 Å². The number of amides is 2. The molecule has 1 fully saturated rings. The summed E-state index contributed by atoms with van der Waals surface area (Å²) in [5.41, 5.74) is 3.91. The molecule has 0 spiro atoms. The Labute approximate surface area is 230 Å². The lowest BCUT2D eigenvalue weighted by molar-refractivity contribution is -0.160. The molecular weight excluding hydrogens is 514 g/mol. The lowest BCUT2D eigenvalue weighted by Crippen LogP contribution is -2.43. The standard InChI is InChI=1S/C29H31N5O4S/c1-19-31-23-11-6-7-12-25(23)34(19)17-22-18-39-28(32-22)16-30-27(36)15-26(38-20(2)35)29(37)33-14-8-13-24(33)21-9-4-3-5-10-21/h3-7,9-12,18,24,26H,8,13-17H2,1-2H3,(H,30,36)/t24?,26-/m1/s1. The van der Waals surface area contributed by atoms with Gasteiger partial charge in [0.05, 0.1) is 42.3 Å². The van der Waals surface area contributed by atoms with Crippen LogP contribution in [-0.4, -0.2) is 49.9 Å². The van der Waals surface area contributed by atoms with Gasteiger partial charge in [0.15, 0.2) is 6.10 Å². The van der Waals surface area contributed by atoms with Crippen molar-refractivity contribution in [2.45, 2.75) is 58.3 Å².